The Kier molecular flexibility index (Phi) is 5.58. The molecule has 0 bridgehead atoms. The fourth-order valence-corrected chi connectivity index (χ4v) is 4.19. The molecule has 2 heterocycles. The van der Waals surface area contributed by atoms with Gasteiger partial charge < -0.3 is 10.2 Å². The van der Waals surface area contributed by atoms with Crippen molar-refractivity contribution in [3.8, 4) is 0 Å². The molecule has 4 rings (SSSR count). The van der Waals surface area contributed by atoms with Gasteiger partial charge in [0.25, 0.3) is 0 Å². The smallest absolute Gasteiger partial charge is 0.368 e. The lowest BCUT2D eigenvalue weighted by molar-refractivity contribution is -0.138. The van der Waals surface area contributed by atoms with E-state index in [1.54, 1.807) is 4.90 Å². The van der Waals surface area contributed by atoms with Crippen molar-refractivity contribution in [2.75, 3.05) is 18.0 Å². The van der Waals surface area contributed by atoms with E-state index in [0.29, 0.717) is 30.8 Å². The number of anilines is 1. The zero-order chi connectivity index (χ0) is 23.1. The van der Waals surface area contributed by atoms with Gasteiger partial charge in [0.2, 0.25) is 5.91 Å². The predicted molar refractivity (Wildman–Crippen MR) is 105 cm³/mol. The van der Waals surface area contributed by atoms with Crippen molar-refractivity contribution >= 4 is 11.6 Å². The van der Waals surface area contributed by atoms with Gasteiger partial charge >= 0.3 is 12.4 Å². The summed E-state index contributed by atoms with van der Waals surface area (Å²) < 4.78 is 77.1. The molecule has 1 saturated heterocycles. The van der Waals surface area contributed by atoms with E-state index in [-0.39, 0.29) is 18.4 Å². The van der Waals surface area contributed by atoms with Gasteiger partial charge in [-0.15, -0.1) is 0 Å². The number of nitrogens with zero attached hydrogens (tertiary/aromatic N) is 2. The fraction of sp³-hybridized carbons (Fsp3) is 0.455. The number of aromatic nitrogens is 1. The number of rotatable bonds is 5. The van der Waals surface area contributed by atoms with Crippen LogP contribution in [0.3, 0.4) is 0 Å². The van der Waals surface area contributed by atoms with E-state index in [2.05, 4.69) is 10.3 Å². The maximum absolute atomic E-state index is 12.9. The molecule has 172 valence electrons. The number of benzene rings is 1. The van der Waals surface area contributed by atoms with Crippen LogP contribution in [-0.2, 0) is 22.6 Å². The molecule has 2 aromatic rings. The number of hydrogen-bond acceptors (Lipinski definition) is 3. The molecule has 0 unspecified atom stereocenters. The van der Waals surface area contributed by atoms with Crippen LogP contribution in [-0.4, -0.2) is 30.0 Å². The van der Waals surface area contributed by atoms with Gasteiger partial charge in [0.1, 0.15) is 0 Å². The monoisotopic (exact) mass is 457 g/mol. The quantitative estimate of drug-likeness (QED) is 0.648. The molecule has 2 aliphatic rings. The minimum atomic E-state index is -4.48. The first-order valence-corrected chi connectivity index (χ1v) is 10.2. The van der Waals surface area contributed by atoms with Gasteiger partial charge in [-0.1, -0.05) is 12.1 Å². The molecule has 0 radical (unpaired) electrons. The number of alkyl halides is 6. The first kappa shape index (κ1) is 22.4. The molecule has 1 N–H and O–H groups in total. The molecular formula is C22H21F6N3O. The van der Waals surface area contributed by atoms with Crippen LogP contribution in [0.1, 0.15) is 42.4 Å². The highest BCUT2D eigenvalue weighted by atomic mass is 19.4. The molecule has 1 aliphatic heterocycles. The number of hydrogen-bond donors (Lipinski definition) is 1. The summed E-state index contributed by atoms with van der Waals surface area (Å²) in [6, 6.07) is 5.75. The first-order valence-electron chi connectivity index (χ1n) is 10.2. The van der Waals surface area contributed by atoms with Crippen molar-refractivity contribution in [3.63, 3.8) is 0 Å². The van der Waals surface area contributed by atoms with Gasteiger partial charge in [-0.25, -0.2) is 0 Å². The van der Waals surface area contributed by atoms with E-state index in [0.717, 1.165) is 37.2 Å². The highest BCUT2D eigenvalue weighted by Crippen LogP contribution is 2.51. The minimum Gasteiger partial charge on any atom is -0.368 e. The van der Waals surface area contributed by atoms with Crippen LogP contribution < -0.4 is 10.2 Å². The Morgan fingerprint density at radius 2 is 1.69 bits per heavy atom. The zero-order valence-electron chi connectivity index (χ0n) is 16.9. The Bertz CT molecular complexity index is 982. The lowest BCUT2D eigenvalue weighted by Gasteiger charge is -2.21. The van der Waals surface area contributed by atoms with Gasteiger partial charge in [-0.2, -0.15) is 26.3 Å². The largest absolute Gasteiger partial charge is 0.417 e. The Morgan fingerprint density at radius 3 is 2.28 bits per heavy atom. The van der Waals surface area contributed by atoms with Crippen LogP contribution in [0, 0.1) is 0 Å². The third kappa shape index (κ3) is 4.83. The van der Waals surface area contributed by atoms with Crippen LogP contribution in [0.25, 0.3) is 0 Å². The van der Waals surface area contributed by atoms with Gasteiger partial charge in [0, 0.05) is 37.2 Å². The maximum atomic E-state index is 12.9. The number of nitrogens with one attached hydrogen (secondary N) is 1. The summed E-state index contributed by atoms with van der Waals surface area (Å²) >= 11 is 0. The minimum absolute atomic E-state index is 0.167. The van der Waals surface area contributed by atoms with Crippen molar-refractivity contribution in [2.24, 2.45) is 0 Å². The molecule has 1 aromatic heterocycles. The second-order valence-corrected chi connectivity index (χ2v) is 8.46. The Labute approximate surface area is 180 Å². The van der Waals surface area contributed by atoms with Crippen molar-refractivity contribution in [1.82, 2.24) is 10.3 Å². The van der Waals surface area contributed by atoms with E-state index in [4.69, 9.17) is 0 Å². The van der Waals surface area contributed by atoms with Gasteiger partial charge in [-0.3, -0.25) is 9.78 Å². The number of halogens is 6. The Morgan fingerprint density at radius 1 is 1.03 bits per heavy atom. The van der Waals surface area contributed by atoms with Crippen molar-refractivity contribution < 1.29 is 31.1 Å². The molecular weight excluding hydrogens is 436 g/mol. The average Bonchev–Trinajstić information content (AvgIpc) is 3.35. The normalized spacial score (nSPS) is 20.3. The molecule has 4 nitrogen and oxygen atoms in total. The zero-order valence-corrected chi connectivity index (χ0v) is 16.9. The van der Waals surface area contributed by atoms with Gasteiger partial charge in [0.15, 0.2) is 0 Å². The third-order valence-electron chi connectivity index (χ3n) is 6.15. The molecule has 2 fully saturated rings. The van der Waals surface area contributed by atoms with Crippen molar-refractivity contribution in [1.29, 1.82) is 0 Å². The van der Waals surface area contributed by atoms with E-state index in [1.165, 1.54) is 18.3 Å². The highest BCUT2D eigenvalue weighted by molar-refractivity contribution is 5.79. The van der Waals surface area contributed by atoms with Crippen LogP contribution in [0.15, 0.2) is 42.7 Å². The fourth-order valence-electron chi connectivity index (χ4n) is 4.19. The number of pyridine rings is 1. The molecule has 0 spiro atoms. The van der Waals surface area contributed by atoms with Crippen molar-refractivity contribution in [2.45, 2.75) is 49.5 Å². The molecule has 1 amide bonds. The number of carbonyl (C=O) groups excluding carboxylic acids is 1. The van der Waals surface area contributed by atoms with E-state index >= 15 is 0 Å². The molecule has 1 saturated carbocycles. The lowest BCUT2D eigenvalue weighted by Crippen LogP contribution is -2.38. The molecule has 32 heavy (non-hydrogen) atoms. The van der Waals surface area contributed by atoms with Crippen LogP contribution in [0.5, 0.6) is 0 Å². The van der Waals surface area contributed by atoms with E-state index in [1.807, 2.05) is 0 Å². The predicted octanol–water partition coefficient (Wildman–Crippen LogP) is 4.94. The molecule has 1 aliphatic carbocycles. The van der Waals surface area contributed by atoms with Crippen LogP contribution >= 0.6 is 0 Å². The summed E-state index contributed by atoms with van der Waals surface area (Å²) in [4.78, 5) is 18.0. The van der Waals surface area contributed by atoms with E-state index in [9.17, 15) is 31.1 Å². The number of carbonyl (C=O) groups is 1. The number of amides is 1. The Balaban J connectivity index is 1.34. The Hall–Kier alpha value is -2.78. The molecule has 10 heteroatoms. The van der Waals surface area contributed by atoms with Gasteiger partial charge in [-0.05, 0) is 43.0 Å². The summed E-state index contributed by atoms with van der Waals surface area (Å²) in [6.07, 6.45) is -4.56. The van der Waals surface area contributed by atoms with Crippen molar-refractivity contribution in [3.05, 3.63) is 59.4 Å². The van der Waals surface area contributed by atoms with Gasteiger partial charge in [0.05, 0.1) is 23.0 Å². The second kappa shape index (κ2) is 7.97. The van der Waals surface area contributed by atoms with Crippen LogP contribution in [0.2, 0.25) is 0 Å². The SMILES string of the molecule is O=C(CC1(c2ccc(C(F)(F)F)cc2)CC1)N[C@@H]1CCN(c2cncc(C(F)(F)F)c2)C1. The molecule has 1 aromatic carbocycles. The third-order valence-corrected chi connectivity index (χ3v) is 6.15. The summed E-state index contributed by atoms with van der Waals surface area (Å²) in [5, 5.41) is 2.92. The van der Waals surface area contributed by atoms with E-state index < -0.39 is 28.9 Å². The topological polar surface area (TPSA) is 45.2 Å². The summed E-state index contributed by atoms with van der Waals surface area (Å²) in [7, 11) is 0. The summed E-state index contributed by atoms with van der Waals surface area (Å²) in [6.45, 7) is 0.847. The molecule has 1 atom stereocenters. The average molecular weight is 457 g/mol. The van der Waals surface area contributed by atoms with Crippen LogP contribution in [0.4, 0.5) is 32.0 Å². The maximum Gasteiger partial charge on any atom is 0.417 e. The summed E-state index contributed by atoms with van der Waals surface area (Å²) in [5.41, 5.74) is -0.938. The standard InChI is InChI=1S/C22H21F6N3O/c23-21(24,25)15-3-1-14(2-4-15)20(6-7-20)10-19(32)30-17-5-8-31(13-17)18-9-16(11-29-12-18)22(26,27)28/h1-4,9,11-12,17H,5-8,10,13H2,(H,30,32)/t17-/m1/s1. The highest BCUT2D eigenvalue weighted by Gasteiger charge is 2.46. The lowest BCUT2D eigenvalue weighted by atomic mass is 9.91. The summed E-state index contributed by atoms with van der Waals surface area (Å²) in [5.74, 6) is -0.212. The second-order valence-electron chi connectivity index (χ2n) is 8.46. The first-order chi connectivity index (χ1) is 15.0.